The predicted molar refractivity (Wildman–Crippen MR) is 79.5 cm³/mol. The van der Waals surface area contributed by atoms with Crippen molar-refractivity contribution in [1.82, 2.24) is 24.2 Å². The van der Waals surface area contributed by atoms with Crippen molar-refractivity contribution < 1.29 is 0 Å². The summed E-state index contributed by atoms with van der Waals surface area (Å²) in [5.74, 6) is 1.45. The number of nitrogens with zero attached hydrogens (tertiary/aromatic N) is 5. The summed E-state index contributed by atoms with van der Waals surface area (Å²) in [7, 11) is 2.21. The lowest BCUT2D eigenvalue weighted by molar-refractivity contribution is 0.0559. The Labute approximate surface area is 120 Å². The van der Waals surface area contributed by atoms with Gasteiger partial charge < -0.3 is 4.90 Å². The summed E-state index contributed by atoms with van der Waals surface area (Å²) in [4.78, 5) is 13.7. The van der Waals surface area contributed by atoms with Crippen molar-refractivity contribution in [1.29, 1.82) is 0 Å². The average molecular weight is 273 g/mol. The average Bonchev–Trinajstić information content (AvgIpc) is 2.84. The third-order valence-electron chi connectivity index (χ3n) is 4.24. The van der Waals surface area contributed by atoms with Gasteiger partial charge in [0.25, 0.3) is 0 Å². The van der Waals surface area contributed by atoms with E-state index in [1.54, 1.807) is 6.20 Å². The Balaban J connectivity index is 1.82. The number of fused-ring (bicyclic) bond motifs is 1. The van der Waals surface area contributed by atoms with E-state index in [4.69, 9.17) is 0 Å². The van der Waals surface area contributed by atoms with E-state index >= 15 is 0 Å². The van der Waals surface area contributed by atoms with Gasteiger partial charge >= 0.3 is 0 Å². The van der Waals surface area contributed by atoms with Crippen LogP contribution in [0.1, 0.15) is 19.5 Å². The Kier molecular flexibility index (Phi) is 3.72. The molecule has 3 heterocycles. The smallest absolute Gasteiger partial charge is 0.233 e. The molecule has 1 fully saturated rings. The maximum Gasteiger partial charge on any atom is 0.233 e. The molecule has 1 aliphatic rings. The van der Waals surface area contributed by atoms with Crippen LogP contribution in [-0.4, -0.2) is 56.9 Å². The van der Waals surface area contributed by atoms with Crippen LogP contribution >= 0.6 is 0 Å². The molecular weight excluding hydrogens is 250 g/mol. The quantitative estimate of drug-likeness (QED) is 0.849. The first-order valence-corrected chi connectivity index (χ1v) is 7.34. The van der Waals surface area contributed by atoms with Gasteiger partial charge in [-0.05, 0) is 19.0 Å². The van der Waals surface area contributed by atoms with E-state index in [1.807, 2.05) is 18.5 Å². The fourth-order valence-corrected chi connectivity index (χ4v) is 3.02. The second kappa shape index (κ2) is 5.50. The van der Waals surface area contributed by atoms with Crippen LogP contribution < -0.4 is 0 Å². The first-order chi connectivity index (χ1) is 9.65. The summed E-state index contributed by atoms with van der Waals surface area (Å²) in [5.41, 5.74) is 1.23. The van der Waals surface area contributed by atoms with E-state index in [9.17, 15) is 0 Å². The summed E-state index contributed by atoms with van der Waals surface area (Å²) in [5, 5.41) is 0. The summed E-state index contributed by atoms with van der Waals surface area (Å²) >= 11 is 0. The molecule has 5 heteroatoms. The Bertz CT molecular complexity index is 576. The van der Waals surface area contributed by atoms with Gasteiger partial charge in [-0.1, -0.05) is 13.8 Å². The van der Waals surface area contributed by atoms with Gasteiger partial charge in [0.05, 0.1) is 11.9 Å². The minimum absolute atomic E-state index is 0.607. The van der Waals surface area contributed by atoms with Crippen molar-refractivity contribution in [2.75, 3.05) is 26.7 Å². The van der Waals surface area contributed by atoms with E-state index in [0.29, 0.717) is 12.0 Å². The van der Waals surface area contributed by atoms with Crippen molar-refractivity contribution in [3.8, 4) is 0 Å². The summed E-state index contributed by atoms with van der Waals surface area (Å²) in [6.45, 7) is 8.97. The first-order valence-electron chi connectivity index (χ1n) is 7.34. The molecule has 1 aliphatic heterocycles. The van der Waals surface area contributed by atoms with E-state index in [-0.39, 0.29) is 0 Å². The molecule has 0 aliphatic carbocycles. The highest BCUT2D eigenvalue weighted by molar-refractivity contribution is 5.30. The number of imidazole rings is 1. The SMILES string of the molecule is CC(C)[C@H]1CN(C)CCN1Cc1cnc2ncccn12. The maximum atomic E-state index is 4.38. The highest BCUT2D eigenvalue weighted by Gasteiger charge is 2.28. The zero-order chi connectivity index (χ0) is 14.1. The zero-order valence-corrected chi connectivity index (χ0v) is 12.5. The summed E-state index contributed by atoms with van der Waals surface area (Å²) in [6.07, 6.45) is 5.79. The van der Waals surface area contributed by atoms with Gasteiger partial charge in [-0.3, -0.25) is 9.30 Å². The van der Waals surface area contributed by atoms with E-state index in [2.05, 4.69) is 45.1 Å². The van der Waals surface area contributed by atoms with Gasteiger partial charge in [-0.15, -0.1) is 0 Å². The van der Waals surface area contributed by atoms with Crippen LogP contribution in [0.25, 0.3) is 5.78 Å². The highest BCUT2D eigenvalue weighted by Crippen LogP contribution is 2.19. The van der Waals surface area contributed by atoms with E-state index < -0.39 is 0 Å². The van der Waals surface area contributed by atoms with Gasteiger partial charge in [-0.2, -0.15) is 0 Å². The lowest BCUT2D eigenvalue weighted by atomic mass is 9.99. The predicted octanol–water partition coefficient (Wildman–Crippen LogP) is 1.50. The molecule has 0 amide bonds. The van der Waals surface area contributed by atoms with Crippen LogP contribution in [0.5, 0.6) is 0 Å². The van der Waals surface area contributed by atoms with E-state index in [1.165, 1.54) is 5.69 Å². The second-order valence-corrected chi connectivity index (χ2v) is 6.08. The monoisotopic (exact) mass is 273 g/mol. The molecule has 2 aromatic heterocycles. The third kappa shape index (κ3) is 2.55. The molecule has 0 unspecified atom stereocenters. The van der Waals surface area contributed by atoms with Crippen molar-refractivity contribution in [3.05, 3.63) is 30.4 Å². The summed E-state index contributed by atoms with van der Waals surface area (Å²) < 4.78 is 2.09. The van der Waals surface area contributed by atoms with Gasteiger partial charge in [0.2, 0.25) is 5.78 Å². The van der Waals surface area contributed by atoms with Crippen molar-refractivity contribution in [2.24, 2.45) is 5.92 Å². The molecule has 1 atom stereocenters. The second-order valence-electron chi connectivity index (χ2n) is 6.08. The Hall–Kier alpha value is -1.46. The van der Waals surface area contributed by atoms with Gasteiger partial charge in [0.1, 0.15) is 0 Å². The Morgan fingerprint density at radius 3 is 2.95 bits per heavy atom. The Morgan fingerprint density at radius 1 is 1.30 bits per heavy atom. The molecule has 0 radical (unpaired) electrons. The van der Waals surface area contributed by atoms with Crippen LogP contribution in [0.15, 0.2) is 24.7 Å². The van der Waals surface area contributed by atoms with Crippen LogP contribution in [0, 0.1) is 5.92 Å². The lowest BCUT2D eigenvalue weighted by Crippen LogP contribution is -2.53. The fraction of sp³-hybridized carbons (Fsp3) is 0.600. The van der Waals surface area contributed by atoms with Gasteiger partial charge in [0.15, 0.2) is 0 Å². The number of likely N-dealkylation sites (N-methyl/N-ethyl adjacent to an activating group) is 1. The molecule has 0 N–H and O–H groups in total. The third-order valence-corrected chi connectivity index (χ3v) is 4.24. The molecule has 5 nitrogen and oxygen atoms in total. The molecule has 1 saturated heterocycles. The van der Waals surface area contributed by atoms with Gasteiger partial charge in [0, 0.05) is 44.6 Å². The molecule has 0 spiro atoms. The molecule has 0 saturated carbocycles. The standard InChI is InChI=1S/C15H23N5/c1-12(2)14-11-18(3)7-8-19(14)10-13-9-17-15-16-5-4-6-20(13)15/h4-6,9,12,14H,7-8,10-11H2,1-3H3/t14-/m1/s1. The van der Waals surface area contributed by atoms with Crippen LogP contribution in [0.2, 0.25) is 0 Å². The number of hydrogen-bond acceptors (Lipinski definition) is 4. The highest BCUT2D eigenvalue weighted by atomic mass is 15.3. The molecule has 0 aromatic carbocycles. The zero-order valence-electron chi connectivity index (χ0n) is 12.5. The molecule has 3 rings (SSSR count). The van der Waals surface area contributed by atoms with Crippen molar-refractivity contribution >= 4 is 5.78 Å². The largest absolute Gasteiger partial charge is 0.304 e. The van der Waals surface area contributed by atoms with E-state index in [0.717, 1.165) is 32.0 Å². The molecule has 20 heavy (non-hydrogen) atoms. The maximum absolute atomic E-state index is 4.38. The number of hydrogen-bond donors (Lipinski definition) is 0. The Morgan fingerprint density at radius 2 is 2.15 bits per heavy atom. The molecular formula is C15H23N5. The van der Waals surface area contributed by atoms with Crippen LogP contribution in [0.4, 0.5) is 0 Å². The lowest BCUT2D eigenvalue weighted by Gasteiger charge is -2.42. The number of rotatable bonds is 3. The normalized spacial score (nSPS) is 21.9. The summed E-state index contributed by atoms with van der Waals surface area (Å²) in [6, 6.07) is 2.57. The number of piperazine rings is 1. The van der Waals surface area contributed by atoms with Crippen molar-refractivity contribution in [3.63, 3.8) is 0 Å². The molecule has 0 bridgehead atoms. The first kappa shape index (κ1) is 13.5. The topological polar surface area (TPSA) is 36.7 Å². The fourth-order valence-electron chi connectivity index (χ4n) is 3.02. The van der Waals surface area contributed by atoms with Crippen LogP contribution in [-0.2, 0) is 6.54 Å². The molecule has 2 aromatic rings. The molecule has 108 valence electrons. The minimum atomic E-state index is 0.607. The van der Waals surface area contributed by atoms with Crippen LogP contribution in [0.3, 0.4) is 0 Å². The number of aromatic nitrogens is 3. The van der Waals surface area contributed by atoms with Crippen molar-refractivity contribution in [2.45, 2.75) is 26.4 Å². The minimum Gasteiger partial charge on any atom is -0.304 e. The van der Waals surface area contributed by atoms with Gasteiger partial charge in [-0.25, -0.2) is 9.97 Å².